The van der Waals surface area contributed by atoms with E-state index in [0.29, 0.717) is 43.4 Å². The van der Waals surface area contributed by atoms with Gasteiger partial charge in [-0.15, -0.1) is 0 Å². The smallest absolute Gasteiger partial charge is 0.295 e. The van der Waals surface area contributed by atoms with Crippen LogP contribution in [0.2, 0.25) is 0 Å². The van der Waals surface area contributed by atoms with Gasteiger partial charge in [0.2, 0.25) is 0 Å². The average molecular weight is 453 g/mol. The van der Waals surface area contributed by atoms with Crippen LogP contribution in [0.15, 0.2) is 40.3 Å². The van der Waals surface area contributed by atoms with E-state index >= 15 is 0 Å². The number of aliphatic hydroxyl groups excluding tert-OH is 1. The molecule has 0 radical (unpaired) electrons. The van der Waals surface area contributed by atoms with E-state index in [1.165, 1.54) is 4.90 Å². The molecule has 3 aliphatic rings. The van der Waals surface area contributed by atoms with Gasteiger partial charge in [-0.3, -0.25) is 14.5 Å². The Kier molecular flexibility index (Phi) is 5.72. The summed E-state index contributed by atoms with van der Waals surface area (Å²) in [7, 11) is 0. The first kappa shape index (κ1) is 21.7. The number of fused-ring (bicyclic) bond motifs is 1. The molecule has 1 aromatic heterocycles. The van der Waals surface area contributed by atoms with E-state index in [1.54, 1.807) is 24.3 Å². The molecule has 0 saturated carbocycles. The molecule has 2 saturated heterocycles. The van der Waals surface area contributed by atoms with Crippen molar-refractivity contribution in [1.82, 2.24) is 9.80 Å². The van der Waals surface area contributed by atoms with Crippen LogP contribution in [-0.2, 0) is 20.7 Å². The van der Waals surface area contributed by atoms with Crippen LogP contribution in [0.4, 0.5) is 0 Å². The number of carbonyl (C=O) groups excluding carboxylic acids is 2. The molecule has 8 heteroatoms. The lowest BCUT2D eigenvalue weighted by Gasteiger charge is -2.30. The Labute approximate surface area is 192 Å². The molecule has 4 heterocycles. The van der Waals surface area contributed by atoms with Crippen molar-refractivity contribution < 1.29 is 28.6 Å². The van der Waals surface area contributed by atoms with Gasteiger partial charge in [0.05, 0.1) is 18.8 Å². The average Bonchev–Trinajstić information content (AvgIpc) is 3.47. The molecule has 0 aliphatic carbocycles. The number of Topliss-reactive ketones (excluding diaryl/α,β-unsaturated/α-hetero) is 1. The van der Waals surface area contributed by atoms with E-state index in [2.05, 4.69) is 4.90 Å². The van der Waals surface area contributed by atoms with Gasteiger partial charge >= 0.3 is 0 Å². The number of benzene rings is 1. The maximum absolute atomic E-state index is 13.1. The predicted molar refractivity (Wildman–Crippen MR) is 120 cm³/mol. The van der Waals surface area contributed by atoms with Gasteiger partial charge in [0.25, 0.3) is 11.7 Å². The first-order chi connectivity index (χ1) is 15.9. The van der Waals surface area contributed by atoms with E-state index < -0.39 is 17.7 Å². The molecule has 1 N–H and O–H groups in total. The minimum Gasteiger partial charge on any atom is -0.507 e. The fraction of sp³-hybridized carbons (Fsp3) is 0.440. The number of ketones is 1. The second-order valence-corrected chi connectivity index (χ2v) is 8.85. The summed E-state index contributed by atoms with van der Waals surface area (Å²) < 4.78 is 17.0. The fourth-order valence-corrected chi connectivity index (χ4v) is 4.81. The summed E-state index contributed by atoms with van der Waals surface area (Å²) >= 11 is 0. The third-order valence-corrected chi connectivity index (χ3v) is 6.50. The lowest BCUT2D eigenvalue weighted by atomic mass is 9.97. The zero-order valence-corrected chi connectivity index (χ0v) is 18.9. The number of nitrogens with zero attached hydrogens (tertiary/aromatic N) is 2. The Bertz CT molecular complexity index is 1110. The van der Waals surface area contributed by atoms with E-state index in [1.807, 2.05) is 19.9 Å². The number of amides is 1. The summed E-state index contributed by atoms with van der Waals surface area (Å²) in [5.74, 6) is 0.410. The number of rotatable bonds is 5. The molecule has 1 aromatic carbocycles. The van der Waals surface area contributed by atoms with Crippen LogP contribution in [0.1, 0.15) is 35.6 Å². The standard InChI is InChI=1S/C25H28N2O6/c1-15-3-5-20(32-15)22-21(23(28)17-4-6-19-18(14-17)13-16(2)33-19)24(29)25(30)27(22)8-7-26-9-11-31-12-10-26/h3-6,14,16,22,28H,7-13H2,1-2H3/t16-,22+/m0/s1. The van der Waals surface area contributed by atoms with Crippen molar-refractivity contribution in [3.63, 3.8) is 0 Å². The van der Waals surface area contributed by atoms with Crippen LogP contribution in [0.25, 0.3) is 5.76 Å². The normalized spacial score (nSPS) is 24.8. The number of furan rings is 1. The highest BCUT2D eigenvalue weighted by Crippen LogP contribution is 2.41. The molecule has 3 aliphatic heterocycles. The molecule has 2 atom stereocenters. The van der Waals surface area contributed by atoms with Crippen molar-refractivity contribution in [2.75, 3.05) is 39.4 Å². The summed E-state index contributed by atoms with van der Waals surface area (Å²) in [4.78, 5) is 29.9. The topological polar surface area (TPSA) is 92.5 Å². The molecule has 1 amide bonds. The first-order valence-corrected chi connectivity index (χ1v) is 11.4. The third kappa shape index (κ3) is 4.05. The van der Waals surface area contributed by atoms with Crippen molar-refractivity contribution in [2.24, 2.45) is 0 Å². The van der Waals surface area contributed by atoms with Gasteiger partial charge in [-0.05, 0) is 49.7 Å². The number of morpholine rings is 1. The Morgan fingerprint density at radius 3 is 2.64 bits per heavy atom. The van der Waals surface area contributed by atoms with E-state index in [0.717, 1.165) is 30.8 Å². The van der Waals surface area contributed by atoms with Gasteiger partial charge in [0.1, 0.15) is 35.2 Å². The third-order valence-electron chi connectivity index (χ3n) is 6.50. The molecule has 2 aromatic rings. The van der Waals surface area contributed by atoms with E-state index in [-0.39, 0.29) is 17.4 Å². The van der Waals surface area contributed by atoms with Gasteiger partial charge in [-0.25, -0.2) is 0 Å². The number of hydrogen-bond acceptors (Lipinski definition) is 7. The molecular weight excluding hydrogens is 424 g/mol. The molecule has 33 heavy (non-hydrogen) atoms. The van der Waals surface area contributed by atoms with Crippen molar-refractivity contribution in [1.29, 1.82) is 0 Å². The summed E-state index contributed by atoms with van der Waals surface area (Å²) in [5, 5.41) is 11.2. The minimum atomic E-state index is -0.775. The Hall–Kier alpha value is -3.10. The summed E-state index contributed by atoms with van der Waals surface area (Å²) in [5.41, 5.74) is 1.52. The number of aryl methyl sites for hydroxylation is 1. The van der Waals surface area contributed by atoms with Crippen LogP contribution in [0.5, 0.6) is 5.75 Å². The largest absolute Gasteiger partial charge is 0.507 e. The second-order valence-electron chi connectivity index (χ2n) is 8.85. The Morgan fingerprint density at radius 1 is 1.12 bits per heavy atom. The maximum Gasteiger partial charge on any atom is 0.295 e. The van der Waals surface area contributed by atoms with Crippen LogP contribution < -0.4 is 4.74 Å². The zero-order chi connectivity index (χ0) is 23.1. The summed E-state index contributed by atoms with van der Waals surface area (Å²) in [6.07, 6.45) is 0.791. The maximum atomic E-state index is 13.1. The lowest BCUT2D eigenvalue weighted by Crippen LogP contribution is -2.42. The quantitative estimate of drug-likeness (QED) is 0.424. The van der Waals surface area contributed by atoms with Crippen LogP contribution in [0, 0.1) is 6.92 Å². The summed E-state index contributed by atoms with van der Waals surface area (Å²) in [6.45, 7) is 7.63. The van der Waals surface area contributed by atoms with Crippen molar-refractivity contribution >= 4 is 17.4 Å². The fourth-order valence-electron chi connectivity index (χ4n) is 4.81. The number of hydrogen-bond donors (Lipinski definition) is 1. The lowest BCUT2D eigenvalue weighted by molar-refractivity contribution is -0.140. The van der Waals surface area contributed by atoms with Gasteiger partial charge in [-0.2, -0.15) is 0 Å². The van der Waals surface area contributed by atoms with E-state index in [9.17, 15) is 14.7 Å². The molecule has 174 valence electrons. The van der Waals surface area contributed by atoms with Gasteiger partial charge in [0, 0.05) is 38.2 Å². The number of ether oxygens (including phenoxy) is 2. The van der Waals surface area contributed by atoms with Gasteiger partial charge in [-0.1, -0.05) is 0 Å². The van der Waals surface area contributed by atoms with Crippen LogP contribution in [0.3, 0.4) is 0 Å². The molecule has 2 fully saturated rings. The minimum absolute atomic E-state index is 0.0586. The number of aliphatic hydroxyl groups is 1. The monoisotopic (exact) mass is 452 g/mol. The number of carbonyl (C=O) groups is 2. The molecular formula is C25H28N2O6. The van der Waals surface area contributed by atoms with Crippen LogP contribution >= 0.6 is 0 Å². The number of likely N-dealkylation sites (tertiary alicyclic amines) is 1. The van der Waals surface area contributed by atoms with Crippen molar-refractivity contribution in [2.45, 2.75) is 32.4 Å². The molecule has 0 unspecified atom stereocenters. The van der Waals surface area contributed by atoms with Crippen molar-refractivity contribution in [3.8, 4) is 5.75 Å². The first-order valence-electron chi connectivity index (χ1n) is 11.4. The Morgan fingerprint density at radius 2 is 1.91 bits per heavy atom. The molecule has 0 bridgehead atoms. The SMILES string of the molecule is Cc1ccc([C@@H]2C(=C(O)c3ccc4c(c3)C[C@H](C)O4)C(=O)C(=O)N2CCN2CCOCC2)o1. The summed E-state index contributed by atoms with van der Waals surface area (Å²) in [6, 6.07) is 8.14. The highest BCUT2D eigenvalue weighted by molar-refractivity contribution is 6.46. The van der Waals surface area contributed by atoms with Gasteiger partial charge < -0.3 is 23.9 Å². The predicted octanol–water partition coefficient (Wildman–Crippen LogP) is 2.67. The van der Waals surface area contributed by atoms with Gasteiger partial charge in [0.15, 0.2) is 0 Å². The molecule has 8 nitrogen and oxygen atoms in total. The molecule has 5 rings (SSSR count). The highest BCUT2D eigenvalue weighted by atomic mass is 16.5. The molecule has 0 spiro atoms. The highest BCUT2D eigenvalue weighted by Gasteiger charge is 2.47. The van der Waals surface area contributed by atoms with Crippen LogP contribution in [-0.4, -0.2) is 72.1 Å². The zero-order valence-electron chi connectivity index (χ0n) is 18.9. The van der Waals surface area contributed by atoms with E-state index in [4.69, 9.17) is 13.9 Å². The Balaban J connectivity index is 1.51. The second kappa shape index (κ2) is 8.68. The van der Waals surface area contributed by atoms with Crippen molar-refractivity contribution in [3.05, 3.63) is 58.6 Å².